The molecule has 1 aliphatic heterocycles. The SMILES string of the molecule is CCCCN(CC1CCCN1)C(=O)c1cnc(C)cn1. The molecule has 1 amide bonds. The van der Waals surface area contributed by atoms with Crippen LogP contribution in [0.3, 0.4) is 0 Å². The number of nitrogens with zero attached hydrogens (tertiary/aromatic N) is 3. The van der Waals surface area contributed by atoms with E-state index in [9.17, 15) is 4.79 Å². The van der Waals surface area contributed by atoms with Crippen LogP contribution in [0.2, 0.25) is 0 Å². The molecule has 1 atom stereocenters. The zero-order valence-electron chi connectivity index (χ0n) is 12.4. The molecule has 0 spiro atoms. The minimum atomic E-state index is -0.000324. The third-order valence-electron chi connectivity index (χ3n) is 3.67. The van der Waals surface area contributed by atoms with E-state index in [1.807, 2.05) is 11.8 Å². The minimum Gasteiger partial charge on any atom is -0.336 e. The average Bonchev–Trinajstić information content (AvgIpc) is 2.96. The van der Waals surface area contributed by atoms with Gasteiger partial charge in [-0.25, -0.2) is 4.98 Å². The van der Waals surface area contributed by atoms with Gasteiger partial charge in [-0.15, -0.1) is 0 Å². The van der Waals surface area contributed by atoms with Gasteiger partial charge in [-0.2, -0.15) is 0 Å². The largest absolute Gasteiger partial charge is 0.336 e. The third-order valence-corrected chi connectivity index (χ3v) is 3.67. The molecule has 0 aliphatic carbocycles. The van der Waals surface area contributed by atoms with Gasteiger partial charge in [0, 0.05) is 25.3 Å². The number of amides is 1. The molecule has 0 radical (unpaired) electrons. The van der Waals surface area contributed by atoms with Crippen molar-refractivity contribution >= 4 is 5.91 Å². The standard InChI is InChI=1S/C15H24N4O/c1-3-4-8-19(11-13-6-5-7-16-13)15(20)14-10-17-12(2)9-18-14/h9-10,13,16H,3-8,11H2,1-2H3. The molecule has 1 aromatic rings. The van der Waals surface area contributed by atoms with Gasteiger partial charge >= 0.3 is 0 Å². The third kappa shape index (κ3) is 4.00. The normalized spacial score (nSPS) is 18.2. The van der Waals surface area contributed by atoms with Crippen LogP contribution in [0.15, 0.2) is 12.4 Å². The highest BCUT2D eigenvalue weighted by atomic mass is 16.2. The molecule has 1 saturated heterocycles. The predicted molar refractivity (Wildman–Crippen MR) is 78.6 cm³/mol. The van der Waals surface area contributed by atoms with Crippen LogP contribution < -0.4 is 5.32 Å². The molecule has 0 saturated carbocycles. The number of carbonyl (C=O) groups excluding carboxylic acids is 1. The van der Waals surface area contributed by atoms with Gasteiger partial charge in [-0.1, -0.05) is 13.3 Å². The molecule has 20 heavy (non-hydrogen) atoms. The molecule has 2 rings (SSSR count). The van der Waals surface area contributed by atoms with Crippen LogP contribution >= 0.6 is 0 Å². The number of nitrogens with one attached hydrogen (secondary N) is 1. The van der Waals surface area contributed by atoms with E-state index in [4.69, 9.17) is 0 Å². The number of aryl methyl sites for hydroxylation is 1. The Balaban J connectivity index is 2.03. The van der Waals surface area contributed by atoms with Gasteiger partial charge in [-0.3, -0.25) is 9.78 Å². The van der Waals surface area contributed by atoms with Crippen LogP contribution in [0.25, 0.3) is 0 Å². The van der Waals surface area contributed by atoms with E-state index < -0.39 is 0 Å². The van der Waals surface area contributed by atoms with Crippen LogP contribution in [0, 0.1) is 6.92 Å². The molecule has 5 nitrogen and oxygen atoms in total. The average molecular weight is 276 g/mol. The Hall–Kier alpha value is -1.49. The topological polar surface area (TPSA) is 58.1 Å². The van der Waals surface area contributed by atoms with E-state index >= 15 is 0 Å². The minimum absolute atomic E-state index is 0.000324. The van der Waals surface area contributed by atoms with Gasteiger partial charge in [0.05, 0.1) is 11.9 Å². The molecule has 5 heteroatoms. The number of carbonyl (C=O) groups is 1. The van der Waals surface area contributed by atoms with E-state index in [0.717, 1.165) is 44.6 Å². The summed E-state index contributed by atoms with van der Waals surface area (Å²) >= 11 is 0. The second-order valence-electron chi connectivity index (χ2n) is 5.44. The summed E-state index contributed by atoms with van der Waals surface area (Å²) < 4.78 is 0. The number of hydrogen-bond acceptors (Lipinski definition) is 4. The van der Waals surface area contributed by atoms with Crippen LogP contribution in [0.5, 0.6) is 0 Å². The highest BCUT2D eigenvalue weighted by Gasteiger charge is 2.22. The van der Waals surface area contributed by atoms with E-state index in [2.05, 4.69) is 22.2 Å². The first kappa shape index (κ1) is 14.9. The zero-order chi connectivity index (χ0) is 14.4. The summed E-state index contributed by atoms with van der Waals surface area (Å²) in [5, 5.41) is 3.45. The maximum Gasteiger partial charge on any atom is 0.274 e. The molecule has 2 heterocycles. The molecular weight excluding hydrogens is 252 g/mol. The number of aromatic nitrogens is 2. The van der Waals surface area contributed by atoms with Crippen molar-refractivity contribution < 1.29 is 4.79 Å². The summed E-state index contributed by atoms with van der Waals surface area (Å²) in [4.78, 5) is 22.8. The monoisotopic (exact) mass is 276 g/mol. The lowest BCUT2D eigenvalue weighted by Gasteiger charge is -2.25. The summed E-state index contributed by atoms with van der Waals surface area (Å²) in [7, 11) is 0. The number of hydrogen-bond donors (Lipinski definition) is 1. The summed E-state index contributed by atoms with van der Waals surface area (Å²) in [6, 6.07) is 0.425. The van der Waals surface area contributed by atoms with Gasteiger partial charge in [0.1, 0.15) is 5.69 Å². The maximum absolute atomic E-state index is 12.5. The Morgan fingerprint density at radius 1 is 1.45 bits per heavy atom. The van der Waals surface area contributed by atoms with Crippen molar-refractivity contribution in [1.29, 1.82) is 0 Å². The lowest BCUT2D eigenvalue weighted by atomic mass is 10.2. The molecule has 0 aromatic carbocycles. The van der Waals surface area contributed by atoms with Crippen LogP contribution in [0.1, 0.15) is 48.8 Å². The van der Waals surface area contributed by atoms with Crippen molar-refractivity contribution in [3.05, 3.63) is 23.8 Å². The van der Waals surface area contributed by atoms with E-state index in [0.29, 0.717) is 11.7 Å². The fraction of sp³-hybridized carbons (Fsp3) is 0.667. The molecule has 1 aliphatic rings. The lowest BCUT2D eigenvalue weighted by Crippen LogP contribution is -2.42. The Morgan fingerprint density at radius 3 is 2.90 bits per heavy atom. The molecule has 0 bridgehead atoms. The highest BCUT2D eigenvalue weighted by Crippen LogP contribution is 2.10. The fourth-order valence-corrected chi connectivity index (χ4v) is 2.47. The first-order valence-corrected chi connectivity index (χ1v) is 7.52. The van der Waals surface area contributed by atoms with E-state index in [1.54, 1.807) is 12.4 Å². The maximum atomic E-state index is 12.5. The first-order valence-electron chi connectivity index (χ1n) is 7.52. The molecular formula is C15H24N4O. The second kappa shape index (κ2) is 7.33. The van der Waals surface area contributed by atoms with Gasteiger partial charge in [0.2, 0.25) is 0 Å². The highest BCUT2D eigenvalue weighted by molar-refractivity contribution is 5.92. The van der Waals surface area contributed by atoms with Gasteiger partial charge in [0.15, 0.2) is 0 Å². The molecule has 110 valence electrons. The molecule has 1 unspecified atom stereocenters. The zero-order valence-corrected chi connectivity index (χ0v) is 12.4. The first-order chi connectivity index (χ1) is 9.70. The Kier molecular flexibility index (Phi) is 5.47. The van der Waals surface area contributed by atoms with Crippen LogP contribution in [-0.2, 0) is 0 Å². The molecule has 1 fully saturated rings. The van der Waals surface area contributed by atoms with Crippen molar-refractivity contribution in [3.8, 4) is 0 Å². The van der Waals surface area contributed by atoms with Crippen molar-refractivity contribution in [2.75, 3.05) is 19.6 Å². The van der Waals surface area contributed by atoms with Crippen molar-refractivity contribution in [1.82, 2.24) is 20.2 Å². The smallest absolute Gasteiger partial charge is 0.274 e. The van der Waals surface area contributed by atoms with Gasteiger partial charge < -0.3 is 10.2 Å². The number of unbranched alkanes of at least 4 members (excludes halogenated alkanes) is 1. The quantitative estimate of drug-likeness (QED) is 0.860. The van der Waals surface area contributed by atoms with Crippen molar-refractivity contribution in [2.45, 2.75) is 45.6 Å². The molecule has 1 N–H and O–H groups in total. The summed E-state index contributed by atoms with van der Waals surface area (Å²) in [6.45, 7) is 6.64. The predicted octanol–water partition coefficient (Wildman–Crippen LogP) is 1.78. The lowest BCUT2D eigenvalue weighted by molar-refractivity contribution is 0.0733. The second-order valence-corrected chi connectivity index (χ2v) is 5.44. The van der Waals surface area contributed by atoms with Crippen molar-refractivity contribution in [3.63, 3.8) is 0 Å². The Morgan fingerprint density at radius 2 is 2.30 bits per heavy atom. The van der Waals surface area contributed by atoms with Gasteiger partial charge in [0.25, 0.3) is 5.91 Å². The van der Waals surface area contributed by atoms with Crippen LogP contribution in [-0.4, -0.2) is 46.5 Å². The van der Waals surface area contributed by atoms with Gasteiger partial charge in [-0.05, 0) is 32.7 Å². The summed E-state index contributed by atoms with van der Waals surface area (Å²) in [6.07, 6.45) is 7.69. The Bertz CT molecular complexity index is 426. The van der Waals surface area contributed by atoms with E-state index in [1.165, 1.54) is 6.42 Å². The summed E-state index contributed by atoms with van der Waals surface area (Å²) in [5.74, 6) is -0.000324. The summed E-state index contributed by atoms with van der Waals surface area (Å²) in [5.41, 5.74) is 1.28. The van der Waals surface area contributed by atoms with Crippen LogP contribution in [0.4, 0.5) is 0 Å². The van der Waals surface area contributed by atoms with Crippen molar-refractivity contribution in [2.24, 2.45) is 0 Å². The Labute approximate surface area is 120 Å². The van der Waals surface area contributed by atoms with E-state index in [-0.39, 0.29) is 5.91 Å². The fourth-order valence-electron chi connectivity index (χ4n) is 2.47. The number of rotatable bonds is 6. The molecule has 1 aromatic heterocycles.